The molecule has 3 aromatic rings. The SMILES string of the molecule is CNC(=O)Nc1ccc(F)c(C(=O)NC(=O)Nc2ccc(Cl)c(-c3ncc(C(F)(F)F)cc3Cl)c2O)c1F. The highest BCUT2D eigenvalue weighted by molar-refractivity contribution is 6.36. The molecule has 0 unspecified atom stereocenters. The molecular weight excluding hydrogens is 564 g/mol. The van der Waals surface area contributed by atoms with E-state index in [-0.39, 0.29) is 16.3 Å². The molecule has 1 aromatic heterocycles. The van der Waals surface area contributed by atoms with E-state index in [2.05, 4.69) is 10.3 Å². The summed E-state index contributed by atoms with van der Waals surface area (Å²) in [5.74, 6) is -5.16. The van der Waals surface area contributed by atoms with Crippen LogP contribution in [0.3, 0.4) is 0 Å². The van der Waals surface area contributed by atoms with Gasteiger partial charge < -0.3 is 21.1 Å². The second kappa shape index (κ2) is 11.1. The Labute approximate surface area is 220 Å². The average molecular weight is 578 g/mol. The Bertz CT molecular complexity index is 1450. The predicted molar refractivity (Wildman–Crippen MR) is 127 cm³/mol. The third-order valence-corrected chi connectivity index (χ3v) is 5.40. The van der Waals surface area contributed by atoms with E-state index in [0.29, 0.717) is 18.3 Å². The first-order valence-corrected chi connectivity index (χ1v) is 10.8. The zero-order valence-corrected chi connectivity index (χ0v) is 20.2. The fraction of sp³-hybridized carbons (Fsp3) is 0.0909. The summed E-state index contributed by atoms with van der Waals surface area (Å²) in [7, 11) is 1.23. The number of phenols is 1. The fourth-order valence-corrected chi connectivity index (χ4v) is 3.53. The number of nitrogens with one attached hydrogen (secondary N) is 4. The van der Waals surface area contributed by atoms with Crippen molar-refractivity contribution in [1.29, 1.82) is 0 Å². The Balaban J connectivity index is 1.87. The summed E-state index contributed by atoms with van der Waals surface area (Å²) in [6.07, 6.45) is -4.29. The van der Waals surface area contributed by atoms with Crippen molar-refractivity contribution in [2.45, 2.75) is 6.18 Å². The molecule has 0 aliphatic rings. The van der Waals surface area contributed by atoms with Gasteiger partial charge in [0.05, 0.1) is 38.2 Å². The topological polar surface area (TPSA) is 132 Å². The number of anilines is 2. The second-order valence-electron chi connectivity index (χ2n) is 7.27. The van der Waals surface area contributed by atoms with E-state index in [1.54, 1.807) is 5.32 Å². The molecule has 16 heteroatoms. The third kappa shape index (κ3) is 6.03. The molecule has 200 valence electrons. The number of benzene rings is 2. The van der Waals surface area contributed by atoms with Crippen molar-refractivity contribution in [3.05, 3.63) is 69.3 Å². The van der Waals surface area contributed by atoms with Crippen LogP contribution < -0.4 is 21.3 Å². The van der Waals surface area contributed by atoms with Crippen molar-refractivity contribution in [2.75, 3.05) is 17.7 Å². The summed E-state index contributed by atoms with van der Waals surface area (Å²) >= 11 is 12.0. The van der Waals surface area contributed by atoms with Crippen molar-refractivity contribution >= 4 is 52.5 Å². The molecule has 5 N–H and O–H groups in total. The minimum absolute atomic E-state index is 0.205. The predicted octanol–water partition coefficient (Wildman–Crippen LogP) is 5.77. The maximum absolute atomic E-state index is 14.6. The standard InChI is InChI=1S/C22H14Cl2F5N5O4/c1-30-20(37)32-12-5-3-11(25)15(16(12)26)19(36)34-21(38)33-13-4-2-9(23)14(18(13)35)17-10(24)6-8(7-31-17)22(27,28)29/h2-7,35H,1H3,(H2,30,32,37)(H2,33,34,36,38). The highest BCUT2D eigenvalue weighted by atomic mass is 35.5. The molecule has 0 radical (unpaired) electrons. The molecule has 0 aliphatic carbocycles. The number of aromatic hydroxyl groups is 1. The Morgan fingerprint density at radius 3 is 2.18 bits per heavy atom. The Kier molecular flexibility index (Phi) is 8.27. The number of amides is 5. The number of urea groups is 2. The molecule has 0 atom stereocenters. The van der Waals surface area contributed by atoms with Gasteiger partial charge in [-0.3, -0.25) is 15.1 Å². The van der Waals surface area contributed by atoms with Gasteiger partial charge in [0.25, 0.3) is 5.91 Å². The van der Waals surface area contributed by atoms with E-state index in [1.165, 1.54) is 7.05 Å². The molecule has 0 fully saturated rings. The highest BCUT2D eigenvalue weighted by Gasteiger charge is 2.32. The van der Waals surface area contributed by atoms with Crippen LogP contribution in [-0.2, 0) is 6.18 Å². The quantitative estimate of drug-likeness (QED) is 0.198. The van der Waals surface area contributed by atoms with E-state index in [4.69, 9.17) is 23.2 Å². The lowest BCUT2D eigenvalue weighted by Gasteiger charge is -2.15. The molecule has 0 saturated heterocycles. The highest BCUT2D eigenvalue weighted by Crippen LogP contribution is 2.43. The van der Waals surface area contributed by atoms with E-state index in [1.807, 2.05) is 10.6 Å². The number of nitrogens with zero attached hydrogens (tertiary/aromatic N) is 1. The van der Waals surface area contributed by atoms with Gasteiger partial charge in [0.2, 0.25) is 0 Å². The lowest BCUT2D eigenvalue weighted by atomic mass is 10.1. The van der Waals surface area contributed by atoms with Crippen LogP contribution in [0.5, 0.6) is 5.75 Å². The summed E-state index contributed by atoms with van der Waals surface area (Å²) in [5, 5.41) is 17.7. The molecule has 2 aromatic carbocycles. The monoisotopic (exact) mass is 577 g/mol. The molecule has 0 bridgehead atoms. The van der Waals surface area contributed by atoms with Gasteiger partial charge in [0, 0.05) is 13.2 Å². The second-order valence-corrected chi connectivity index (χ2v) is 8.08. The van der Waals surface area contributed by atoms with Gasteiger partial charge in [-0.2, -0.15) is 13.2 Å². The van der Waals surface area contributed by atoms with Crippen LogP contribution in [-0.4, -0.2) is 35.1 Å². The summed E-state index contributed by atoms with van der Waals surface area (Å²) in [4.78, 5) is 39.8. The zero-order chi connectivity index (χ0) is 28.4. The van der Waals surface area contributed by atoms with Crippen molar-refractivity contribution in [2.24, 2.45) is 0 Å². The van der Waals surface area contributed by atoms with Crippen LogP contribution in [0.4, 0.5) is 42.9 Å². The van der Waals surface area contributed by atoms with Gasteiger partial charge >= 0.3 is 18.2 Å². The number of hydrogen-bond donors (Lipinski definition) is 5. The van der Waals surface area contributed by atoms with Crippen molar-refractivity contribution in [1.82, 2.24) is 15.6 Å². The van der Waals surface area contributed by atoms with Gasteiger partial charge in [-0.25, -0.2) is 18.4 Å². The van der Waals surface area contributed by atoms with Crippen LogP contribution in [0.2, 0.25) is 10.0 Å². The third-order valence-electron chi connectivity index (χ3n) is 4.80. The van der Waals surface area contributed by atoms with Crippen molar-refractivity contribution < 1.29 is 41.4 Å². The first kappa shape index (κ1) is 28.4. The number of phenolic OH excluding ortho intramolecular Hbond substituents is 1. The van der Waals surface area contributed by atoms with Crippen LogP contribution in [0.15, 0.2) is 36.5 Å². The Morgan fingerprint density at radius 2 is 1.58 bits per heavy atom. The molecule has 9 nitrogen and oxygen atoms in total. The molecule has 5 amide bonds. The molecular formula is C22H14Cl2F5N5O4. The van der Waals surface area contributed by atoms with E-state index in [0.717, 1.165) is 18.2 Å². The lowest BCUT2D eigenvalue weighted by Crippen LogP contribution is -2.35. The van der Waals surface area contributed by atoms with Gasteiger partial charge in [-0.15, -0.1) is 0 Å². The smallest absolute Gasteiger partial charge is 0.417 e. The normalized spacial score (nSPS) is 11.1. The number of imide groups is 1. The van der Waals surface area contributed by atoms with Gasteiger partial charge in [-0.05, 0) is 30.3 Å². The number of hydrogen-bond acceptors (Lipinski definition) is 5. The largest absolute Gasteiger partial charge is 0.505 e. The maximum atomic E-state index is 14.6. The summed E-state index contributed by atoms with van der Waals surface area (Å²) < 4.78 is 67.5. The Morgan fingerprint density at radius 1 is 0.947 bits per heavy atom. The van der Waals surface area contributed by atoms with Crippen LogP contribution in [0.25, 0.3) is 11.3 Å². The van der Waals surface area contributed by atoms with Gasteiger partial charge in [0.15, 0.2) is 5.82 Å². The van der Waals surface area contributed by atoms with E-state index in [9.17, 15) is 41.4 Å². The Hall–Kier alpha value is -4.17. The zero-order valence-electron chi connectivity index (χ0n) is 18.7. The first-order chi connectivity index (χ1) is 17.7. The van der Waals surface area contributed by atoms with Crippen molar-refractivity contribution in [3.8, 4) is 17.0 Å². The number of halogens is 7. The fourth-order valence-electron chi connectivity index (χ4n) is 3.03. The minimum Gasteiger partial charge on any atom is -0.505 e. The number of alkyl halides is 3. The van der Waals surface area contributed by atoms with Crippen molar-refractivity contribution in [3.63, 3.8) is 0 Å². The van der Waals surface area contributed by atoms with Crippen LogP contribution >= 0.6 is 23.2 Å². The van der Waals surface area contributed by atoms with Crippen LogP contribution in [0.1, 0.15) is 15.9 Å². The summed E-state index contributed by atoms with van der Waals surface area (Å²) in [6, 6.07) is 2.06. The number of rotatable bonds is 4. The molecule has 0 saturated carbocycles. The van der Waals surface area contributed by atoms with Crippen LogP contribution in [0, 0.1) is 11.6 Å². The average Bonchev–Trinajstić information content (AvgIpc) is 2.83. The molecule has 1 heterocycles. The summed E-state index contributed by atoms with van der Waals surface area (Å²) in [5.41, 5.74) is -4.04. The molecule has 3 rings (SSSR count). The first-order valence-electron chi connectivity index (χ1n) is 10.1. The van der Waals surface area contributed by atoms with E-state index >= 15 is 0 Å². The number of aromatic nitrogens is 1. The molecule has 0 spiro atoms. The maximum Gasteiger partial charge on any atom is 0.417 e. The number of carbonyl (C=O) groups is 3. The summed E-state index contributed by atoms with van der Waals surface area (Å²) in [6.45, 7) is 0. The van der Waals surface area contributed by atoms with Gasteiger partial charge in [0.1, 0.15) is 17.1 Å². The minimum atomic E-state index is -4.74. The van der Waals surface area contributed by atoms with Gasteiger partial charge in [-0.1, -0.05) is 23.2 Å². The lowest BCUT2D eigenvalue weighted by molar-refractivity contribution is -0.137. The molecule has 38 heavy (non-hydrogen) atoms. The molecule has 0 aliphatic heterocycles. The number of carbonyl (C=O) groups excluding carboxylic acids is 3. The van der Waals surface area contributed by atoms with E-state index < -0.39 is 69.1 Å². The number of pyridine rings is 1.